The maximum absolute atomic E-state index is 14.2. The SMILES string of the molecule is Cc1c(SN)cc(-c2ccc(S(=O)N3CCCC3(C)C)c(C(F)(F)F)c2)n1CC1CCCCC1. The van der Waals surface area contributed by atoms with E-state index in [-0.39, 0.29) is 4.90 Å². The Hall–Kier alpha value is -1.29. The molecule has 4 rings (SSSR count). The van der Waals surface area contributed by atoms with E-state index in [2.05, 4.69) is 4.57 Å². The van der Waals surface area contributed by atoms with Gasteiger partial charge in [-0.15, -0.1) is 0 Å². The number of halogens is 3. The molecule has 0 amide bonds. The standard InChI is InChI=1S/C25H34F3N3OS2/c1-17-22(33-29)15-21(30(17)16-18-8-5-4-6-9-18)19-10-11-23(20(14-19)25(26,27)28)34(32)31-13-7-12-24(31,2)3/h10-11,14-15,18H,4-9,12-13,16,29H2,1-3H3. The maximum Gasteiger partial charge on any atom is 0.417 e. The average Bonchev–Trinajstić information content (AvgIpc) is 3.31. The topological polar surface area (TPSA) is 51.3 Å². The van der Waals surface area contributed by atoms with Gasteiger partial charge in [-0.25, -0.2) is 8.51 Å². The fraction of sp³-hybridized carbons (Fsp3) is 0.600. The number of hydrogen-bond acceptors (Lipinski definition) is 3. The van der Waals surface area contributed by atoms with E-state index < -0.39 is 28.3 Å². The Morgan fingerprint density at radius 2 is 1.85 bits per heavy atom. The molecule has 1 saturated heterocycles. The first-order chi connectivity index (χ1) is 16.0. The number of benzene rings is 1. The number of nitrogens with zero attached hydrogens (tertiary/aromatic N) is 2. The van der Waals surface area contributed by atoms with Gasteiger partial charge < -0.3 is 4.57 Å². The van der Waals surface area contributed by atoms with Crippen LogP contribution in [0.2, 0.25) is 0 Å². The van der Waals surface area contributed by atoms with Crippen LogP contribution in [0.3, 0.4) is 0 Å². The van der Waals surface area contributed by atoms with Crippen LogP contribution in [0, 0.1) is 12.8 Å². The summed E-state index contributed by atoms with van der Waals surface area (Å²) in [5.41, 5.74) is 0.975. The summed E-state index contributed by atoms with van der Waals surface area (Å²) < 4.78 is 59.8. The quantitative estimate of drug-likeness (QED) is 0.426. The molecule has 4 nitrogen and oxygen atoms in total. The molecule has 2 aliphatic rings. The fourth-order valence-corrected chi connectivity index (χ4v) is 7.49. The van der Waals surface area contributed by atoms with Gasteiger partial charge in [-0.05, 0) is 88.1 Å². The molecule has 2 aromatic rings. The van der Waals surface area contributed by atoms with Gasteiger partial charge in [0.2, 0.25) is 0 Å². The predicted molar refractivity (Wildman–Crippen MR) is 133 cm³/mol. The predicted octanol–water partition coefficient (Wildman–Crippen LogP) is 6.93. The lowest BCUT2D eigenvalue weighted by Crippen LogP contribution is -2.39. The molecule has 1 aromatic heterocycles. The zero-order valence-corrected chi connectivity index (χ0v) is 21.7. The highest BCUT2D eigenvalue weighted by molar-refractivity contribution is 7.97. The minimum absolute atomic E-state index is 0.165. The fourth-order valence-electron chi connectivity index (χ4n) is 5.41. The summed E-state index contributed by atoms with van der Waals surface area (Å²) in [7, 11) is -1.88. The van der Waals surface area contributed by atoms with Crippen LogP contribution in [-0.4, -0.2) is 25.2 Å². The molecule has 0 spiro atoms. The highest BCUT2D eigenvalue weighted by atomic mass is 32.2. The Kier molecular flexibility index (Phi) is 7.58. The molecule has 1 saturated carbocycles. The zero-order chi connectivity index (χ0) is 24.7. The monoisotopic (exact) mass is 513 g/mol. The van der Waals surface area contributed by atoms with Crippen molar-refractivity contribution in [2.75, 3.05) is 6.54 Å². The average molecular weight is 514 g/mol. The second-order valence-electron chi connectivity index (χ2n) is 10.2. The molecule has 2 heterocycles. The molecule has 188 valence electrons. The van der Waals surface area contributed by atoms with Crippen molar-refractivity contribution in [3.63, 3.8) is 0 Å². The third-order valence-electron chi connectivity index (χ3n) is 7.41. The Morgan fingerprint density at radius 3 is 2.44 bits per heavy atom. The van der Waals surface area contributed by atoms with E-state index in [0.717, 1.165) is 60.5 Å². The lowest BCUT2D eigenvalue weighted by molar-refractivity contribution is -0.139. The van der Waals surface area contributed by atoms with E-state index in [0.29, 0.717) is 18.0 Å². The van der Waals surface area contributed by atoms with Crippen molar-refractivity contribution in [3.8, 4) is 11.3 Å². The van der Waals surface area contributed by atoms with Crippen LogP contribution in [-0.2, 0) is 23.7 Å². The van der Waals surface area contributed by atoms with E-state index in [1.54, 1.807) is 10.4 Å². The molecule has 1 aliphatic carbocycles. The normalized spacial score (nSPS) is 20.7. The molecule has 1 atom stereocenters. The summed E-state index contributed by atoms with van der Waals surface area (Å²) in [6.45, 7) is 7.15. The van der Waals surface area contributed by atoms with Crippen molar-refractivity contribution in [3.05, 3.63) is 35.5 Å². The van der Waals surface area contributed by atoms with E-state index >= 15 is 0 Å². The summed E-state index contributed by atoms with van der Waals surface area (Å²) in [6.07, 6.45) is 2.95. The minimum atomic E-state index is -4.61. The van der Waals surface area contributed by atoms with Crippen molar-refractivity contribution in [2.24, 2.45) is 11.1 Å². The largest absolute Gasteiger partial charge is 0.417 e. The second kappa shape index (κ2) is 9.99. The van der Waals surface area contributed by atoms with E-state index in [1.165, 1.54) is 31.4 Å². The molecule has 1 unspecified atom stereocenters. The third-order valence-corrected chi connectivity index (χ3v) is 9.88. The van der Waals surface area contributed by atoms with Crippen molar-refractivity contribution in [2.45, 2.75) is 93.8 Å². The minimum Gasteiger partial charge on any atom is -0.343 e. The summed E-state index contributed by atoms with van der Waals surface area (Å²) >= 11 is 1.12. The van der Waals surface area contributed by atoms with Crippen LogP contribution in [0.4, 0.5) is 13.2 Å². The second-order valence-corrected chi connectivity index (χ2v) is 12.2. The molecular weight excluding hydrogens is 479 g/mol. The number of hydrogen-bond donors (Lipinski definition) is 1. The lowest BCUT2D eigenvalue weighted by Gasteiger charge is -2.31. The molecule has 2 N–H and O–H groups in total. The highest BCUT2D eigenvalue weighted by Crippen LogP contribution is 2.41. The van der Waals surface area contributed by atoms with Crippen LogP contribution in [0.1, 0.15) is 70.1 Å². The summed E-state index contributed by atoms with van der Waals surface area (Å²) in [4.78, 5) is 0.701. The number of rotatable bonds is 6. The van der Waals surface area contributed by atoms with Gasteiger partial charge in [0.05, 0.1) is 10.5 Å². The van der Waals surface area contributed by atoms with Gasteiger partial charge in [-0.3, -0.25) is 5.14 Å². The summed E-state index contributed by atoms with van der Waals surface area (Å²) in [5, 5.41) is 5.88. The number of aromatic nitrogens is 1. The van der Waals surface area contributed by atoms with Gasteiger partial charge in [0.25, 0.3) is 0 Å². The Morgan fingerprint density at radius 1 is 1.15 bits per heavy atom. The van der Waals surface area contributed by atoms with Gasteiger partial charge in [-0.1, -0.05) is 25.3 Å². The van der Waals surface area contributed by atoms with Gasteiger partial charge in [-0.2, -0.15) is 13.2 Å². The highest BCUT2D eigenvalue weighted by Gasteiger charge is 2.41. The van der Waals surface area contributed by atoms with Crippen molar-refractivity contribution in [1.29, 1.82) is 0 Å². The Balaban J connectivity index is 1.76. The number of alkyl halides is 3. The van der Waals surface area contributed by atoms with Crippen LogP contribution < -0.4 is 5.14 Å². The molecule has 9 heteroatoms. The van der Waals surface area contributed by atoms with Crippen LogP contribution >= 0.6 is 11.9 Å². The smallest absolute Gasteiger partial charge is 0.343 e. The van der Waals surface area contributed by atoms with Crippen molar-refractivity contribution < 1.29 is 17.4 Å². The van der Waals surface area contributed by atoms with Crippen LogP contribution in [0.15, 0.2) is 34.1 Å². The van der Waals surface area contributed by atoms with Gasteiger partial charge in [0.1, 0.15) is 11.0 Å². The zero-order valence-electron chi connectivity index (χ0n) is 20.1. The van der Waals surface area contributed by atoms with Gasteiger partial charge >= 0.3 is 6.18 Å². The van der Waals surface area contributed by atoms with E-state index in [1.807, 2.05) is 26.8 Å². The maximum atomic E-state index is 14.2. The molecule has 0 bridgehead atoms. The van der Waals surface area contributed by atoms with Crippen LogP contribution in [0.5, 0.6) is 0 Å². The third kappa shape index (κ3) is 5.13. The molecule has 0 radical (unpaired) electrons. The summed E-state index contributed by atoms with van der Waals surface area (Å²) in [5.74, 6) is 0.514. The first kappa shape index (κ1) is 25.8. The number of nitrogens with two attached hydrogens (primary N) is 1. The van der Waals surface area contributed by atoms with E-state index in [4.69, 9.17) is 5.14 Å². The Labute approximate surface area is 207 Å². The first-order valence-electron chi connectivity index (χ1n) is 12.0. The molecule has 34 heavy (non-hydrogen) atoms. The van der Waals surface area contributed by atoms with E-state index in [9.17, 15) is 17.4 Å². The van der Waals surface area contributed by atoms with Gasteiger partial charge in [0.15, 0.2) is 0 Å². The van der Waals surface area contributed by atoms with Gasteiger partial charge in [0, 0.05) is 34.9 Å². The summed E-state index contributed by atoms with van der Waals surface area (Å²) in [6, 6.07) is 6.15. The molecule has 1 aliphatic heterocycles. The lowest BCUT2D eigenvalue weighted by atomic mass is 9.89. The van der Waals surface area contributed by atoms with Crippen molar-refractivity contribution >= 4 is 22.9 Å². The first-order valence-corrected chi connectivity index (χ1v) is 14.0. The van der Waals surface area contributed by atoms with Crippen LogP contribution in [0.25, 0.3) is 11.3 Å². The molecular formula is C25H34F3N3OS2. The Bertz CT molecular complexity index is 1060. The molecule has 2 fully saturated rings. The van der Waals surface area contributed by atoms with Crippen molar-refractivity contribution in [1.82, 2.24) is 8.87 Å². The molecule has 1 aromatic carbocycles.